The normalized spacial score (nSPS) is 10.7. The average Bonchev–Trinajstić information content (AvgIpc) is 2.77. The van der Waals surface area contributed by atoms with Gasteiger partial charge in [-0.3, -0.25) is 4.68 Å². The van der Waals surface area contributed by atoms with Gasteiger partial charge in [0.1, 0.15) is 5.82 Å². The summed E-state index contributed by atoms with van der Waals surface area (Å²) in [6, 6.07) is 8.62. The van der Waals surface area contributed by atoms with Gasteiger partial charge in [-0.25, -0.2) is 4.39 Å². The maximum Gasteiger partial charge on any atom is 0.123 e. The zero-order valence-electron chi connectivity index (χ0n) is 9.86. The van der Waals surface area contributed by atoms with Crippen molar-refractivity contribution in [2.75, 3.05) is 0 Å². The van der Waals surface area contributed by atoms with Gasteiger partial charge in [0.25, 0.3) is 0 Å². The molecule has 17 heavy (non-hydrogen) atoms. The van der Waals surface area contributed by atoms with Crippen molar-refractivity contribution < 1.29 is 4.39 Å². The molecule has 2 aromatic rings. The van der Waals surface area contributed by atoms with Crippen LogP contribution in [0.3, 0.4) is 0 Å². The fraction of sp³-hybridized carbons (Fsp3) is 0.308. The lowest BCUT2D eigenvalue weighted by Crippen LogP contribution is -2.16. The summed E-state index contributed by atoms with van der Waals surface area (Å²) in [5.41, 5.74) is 2.09. The Hall–Kier alpha value is -1.68. The lowest BCUT2D eigenvalue weighted by molar-refractivity contribution is 0.579. The van der Waals surface area contributed by atoms with Gasteiger partial charge in [-0.15, -0.1) is 0 Å². The molecule has 0 aliphatic carbocycles. The third-order valence-corrected chi connectivity index (χ3v) is 2.63. The molecule has 3 nitrogen and oxygen atoms in total. The maximum atomic E-state index is 12.9. The summed E-state index contributed by atoms with van der Waals surface area (Å²) >= 11 is 0. The zero-order chi connectivity index (χ0) is 12.1. The van der Waals surface area contributed by atoms with E-state index in [2.05, 4.69) is 17.3 Å². The second-order valence-corrected chi connectivity index (χ2v) is 3.87. The van der Waals surface area contributed by atoms with Gasteiger partial charge in [0.15, 0.2) is 0 Å². The Morgan fingerprint density at radius 2 is 2.18 bits per heavy atom. The van der Waals surface area contributed by atoms with Gasteiger partial charge in [0.2, 0.25) is 0 Å². The first-order chi connectivity index (χ1) is 8.29. The summed E-state index contributed by atoms with van der Waals surface area (Å²) in [4.78, 5) is 0. The summed E-state index contributed by atoms with van der Waals surface area (Å²) < 4.78 is 14.9. The van der Waals surface area contributed by atoms with Crippen molar-refractivity contribution in [3.8, 4) is 0 Å². The summed E-state index contributed by atoms with van der Waals surface area (Å²) in [7, 11) is 0. The molecule has 0 aliphatic rings. The molecule has 0 radical (unpaired) electrons. The number of halogens is 1. The highest BCUT2D eigenvalue weighted by Gasteiger charge is 2.00. The van der Waals surface area contributed by atoms with E-state index in [-0.39, 0.29) is 5.82 Å². The van der Waals surface area contributed by atoms with Gasteiger partial charge in [0.05, 0.1) is 5.69 Å². The minimum absolute atomic E-state index is 0.192. The summed E-state index contributed by atoms with van der Waals surface area (Å²) in [5.74, 6) is -0.192. The molecule has 4 heteroatoms. The third-order valence-electron chi connectivity index (χ3n) is 2.63. The quantitative estimate of drug-likeness (QED) is 0.859. The molecular weight excluding hydrogens is 217 g/mol. The fourth-order valence-corrected chi connectivity index (χ4v) is 1.78. The first-order valence-electron chi connectivity index (χ1n) is 5.75. The molecule has 0 saturated heterocycles. The molecule has 90 valence electrons. The predicted molar refractivity (Wildman–Crippen MR) is 64.8 cm³/mol. The second-order valence-electron chi connectivity index (χ2n) is 3.87. The minimum Gasteiger partial charge on any atom is -0.307 e. The maximum absolute atomic E-state index is 12.9. The zero-order valence-corrected chi connectivity index (χ0v) is 9.86. The number of nitrogens with one attached hydrogen (secondary N) is 1. The Bertz CT molecular complexity index is 479. The van der Waals surface area contributed by atoms with E-state index in [0.717, 1.165) is 24.3 Å². The topological polar surface area (TPSA) is 29.9 Å². The SMILES string of the molecule is CCn1nccc1CNCc1cccc(F)c1. The van der Waals surface area contributed by atoms with E-state index in [1.807, 2.05) is 16.8 Å². The molecule has 0 bridgehead atoms. The molecular formula is C13H16FN3. The van der Waals surface area contributed by atoms with Crippen molar-refractivity contribution in [3.63, 3.8) is 0 Å². The van der Waals surface area contributed by atoms with Crippen LogP contribution in [0.5, 0.6) is 0 Å². The van der Waals surface area contributed by atoms with Crippen LogP contribution in [-0.4, -0.2) is 9.78 Å². The van der Waals surface area contributed by atoms with Crippen LogP contribution in [0, 0.1) is 5.82 Å². The van der Waals surface area contributed by atoms with E-state index in [1.54, 1.807) is 18.3 Å². The Balaban J connectivity index is 1.87. The molecule has 1 aromatic heterocycles. The molecule has 0 aliphatic heterocycles. The van der Waals surface area contributed by atoms with E-state index in [4.69, 9.17) is 0 Å². The number of aromatic nitrogens is 2. The smallest absolute Gasteiger partial charge is 0.123 e. The predicted octanol–water partition coefficient (Wildman–Crippen LogP) is 2.33. The molecule has 1 aromatic carbocycles. The van der Waals surface area contributed by atoms with Gasteiger partial charge >= 0.3 is 0 Å². The summed E-state index contributed by atoms with van der Waals surface area (Å²) in [6.45, 7) is 4.32. The van der Waals surface area contributed by atoms with E-state index < -0.39 is 0 Å². The number of aryl methyl sites for hydroxylation is 1. The molecule has 0 atom stereocenters. The van der Waals surface area contributed by atoms with Crippen LogP contribution in [0.1, 0.15) is 18.2 Å². The number of rotatable bonds is 5. The molecule has 0 amide bonds. The molecule has 0 fully saturated rings. The number of hydrogen-bond acceptors (Lipinski definition) is 2. The number of benzene rings is 1. The van der Waals surface area contributed by atoms with Crippen molar-refractivity contribution in [2.24, 2.45) is 0 Å². The van der Waals surface area contributed by atoms with E-state index in [9.17, 15) is 4.39 Å². The third kappa shape index (κ3) is 3.14. The molecule has 0 unspecified atom stereocenters. The van der Waals surface area contributed by atoms with Crippen molar-refractivity contribution in [2.45, 2.75) is 26.6 Å². The van der Waals surface area contributed by atoms with Gasteiger partial charge in [-0.1, -0.05) is 12.1 Å². The van der Waals surface area contributed by atoms with E-state index >= 15 is 0 Å². The highest BCUT2D eigenvalue weighted by atomic mass is 19.1. The van der Waals surface area contributed by atoms with Gasteiger partial charge in [-0.2, -0.15) is 5.10 Å². The largest absolute Gasteiger partial charge is 0.307 e. The van der Waals surface area contributed by atoms with Gasteiger partial charge in [-0.05, 0) is 30.7 Å². The summed E-state index contributed by atoms with van der Waals surface area (Å²) in [5, 5.41) is 7.47. The fourth-order valence-electron chi connectivity index (χ4n) is 1.78. The van der Waals surface area contributed by atoms with Crippen LogP contribution in [0.25, 0.3) is 0 Å². The van der Waals surface area contributed by atoms with Crippen LogP contribution in [0.4, 0.5) is 4.39 Å². The van der Waals surface area contributed by atoms with Gasteiger partial charge in [0, 0.05) is 25.8 Å². The Labute approximate surface area is 100 Å². The van der Waals surface area contributed by atoms with Crippen LogP contribution < -0.4 is 5.32 Å². The highest BCUT2D eigenvalue weighted by molar-refractivity contribution is 5.16. The lowest BCUT2D eigenvalue weighted by Gasteiger charge is -2.07. The second kappa shape index (κ2) is 5.59. The van der Waals surface area contributed by atoms with Crippen LogP contribution >= 0.6 is 0 Å². The van der Waals surface area contributed by atoms with Crippen LogP contribution in [0.15, 0.2) is 36.5 Å². The number of nitrogens with zero attached hydrogens (tertiary/aromatic N) is 2. The molecule has 2 rings (SSSR count). The van der Waals surface area contributed by atoms with Crippen LogP contribution in [-0.2, 0) is 19.6 Å². The average molecular weight is 233 g/mol. The molecule has 0 spiro atoms. The standard InChI is InChI=1S/C13H16FN3/c1-2-17-13(6-7-16-17)10-15-9-11-4-3-5-12(14)8-11/h3-8,15H,2,9-10H2,1H3. The minimum atomic E-state index is -0.192. The monoisotopic (exact) mass is 233 g/mol. The van der Waals surface area contributed by atoms with E-state index in [0.29, 0.717) is 6.54 Å². The molecule has 1 heterocycles. The van der Waals surface area contributed by atoms with Crippen molar-refractivity contribution in [1.29, 1.82) is 0 Å². The Morgan fingerprint density at radius 3 is 2.94 bits per heavy atom. The first kappa shape index (κ1) is 11.8. The first-order valence-corrected chi connectivity index (χ1v) is 5.75. The van der Waals surface area contributed by atoms with Crippen molar-refractivity contribution >= 4 is 0 Å². The van der Waals surface area contributed by atoms with Gasteiger partial charge < -0.3 is 5.32 Å². The number of hydrogen-bond donors (Lipinski definition) is 1. The lowest BCUT2D eigenvalue weighted by atomic mass is 10.2. The van der Waals surface area contributed by atoms with Crippen molar-refractivity contribution in [3.05, 3.63) is 53.6 Å². The summed E-state index contributed by atoms with van der Waals surface area (Å²) in [6.07, 6.45) is 1.79. The Kier molecular flexibility index (Phi) is 3.88. The van der Waals surface area contributed by atoms with Crippen LogP contribution in [0.2, 0.25) is 0 Å². The van der Waals surface area contributed by atoms with E-state index in [1.165, 1.54) is 6.07 Å². The Morgan fingerprint density at radius 1 is 1.29 bits per heavy atom. The molecule has 1 N–H and O–H groups in total. The highest BCUT2D eigenvalue weighted by Crippen LogP contribution is 2.04. The molecule has 0 saturated carbocycles. The van der Waals surface area contributed by atoms with Crippen molar-refractivity contribution in [1.82, 2.24) is 15.1 Å².